The first-order valence-electron chi connectivity index (χ1n) is 9.13. The second-order valence-electron chi connectivity index (χ2n) is 7.04. The van der Waals surface area contributed by atoms with Crippen molar-refractivity contribution in [2.75, 3.05) is 31.6 Å². The topological polar surface area (TPSA) is 50.1 Å². The molecule has 9 heteroatoms. The van der Waals surface area contributed by atoms with E-state index < -0.39 is 11.9 Å². The van der Waals surface area contributed by atoms with Crippen LogP contribution in [0.4, 0.5) is 19.1 Å². The summed E-state index contributed by atoms with van der Waals surface area (Å²) < 4.78 is 40.6. The first kappa shape index (κ1) is 19.6. The third-order valence-corrected chi connectivity index (χ3v) is 5.12. The lowest BCUT2D eigenvalue weighted by molar-refractivity contribution is -0.141. The molecule has 0 aromatic carbocycles. The highest BCUT2D eigenvalue weighted by Gasteiger charge is 2.35. The average Bonchev–Trinajstić information content (AvgIpc) is 3.06. The molecule has 1 saturated heterocycles. The van der Waals surface area contributed by atoms with Crippen molar-refractivity contribution in [1.82, 2.24) is 24.6 Å². The predicted octanol–water partition coefficient (Wildman–Crippen LogP) is 3.14. The summed E-state index contributed by atoms with van der Waals surface area (Å²) in [4.78, 5) is 11.9. The minimum Gasteiger partial charge on any atom is -0.344 e. The third-order valence-electron chi connectivity index (χ3n) is 5.12. The lowest BCUT2D eigenvalue weighted by Gasteiger charge is -2.42. The number of anilines is 1. The zero-order chi connectivity index (χ0) is 19.6. The molecule has 148 valence electrons. The Morgan fingerprint density at radius 3 is 2.74 bits per heavy atom. The minimum absolute atomic E-state index is 0.100. The van der Waals surface area contributed by atoms with E-state index in [1.54, 1.807) is 16.6 Å². The number of hydrogen-bond donors (Lipinski definition) is 0. The molecule has 0 saturated carbocycles. The summed E-state index contributed by atoms with van der Waals surface area (Å²) in [6, 6.07) is 1.08. The SMILES string of the molecule is CCN1CCC[C@@H](CN(C)c2nccc(C(F)(F)F)n2)[C@@H]1c1cnn(C)c1. The lowest BCUT2D eigenvalue weighted by atomic mass is 9.85. The Balaban J connectivity index is 1.81. The fourth-order valence-corrected chi connectivity index (χ4v) is 3.90. The van der Waals surface area contributed by atoms with Crippen LogP contribution in [0, 0.1) is 5.92 Å². The highest BCUT2D eigenvalue weighted by Crippen LogP contribution is 2.36. The smallest absolute Gasteiger partial charge is 0.344 e. The van der Waals surface area contributed by atoms with Gasteiger partial charge in [0.2, 0.25) is 5.95 Å². The van der Waals surface area contributed by atoms with E-state index in [1.165, 1.54) is 6.20 Å². The van der Waals surface area contributed by atoms with Crippen molar-refractivity contribution in [3.8, 4) is 0 Å². The molecule has 1 fully saturated rings. The summed E-state index contributed by atoms with van der Waals surface area (Å²) in [6.45, 7) is 4.64. The van der Waals surface area contributed by atoms with Crippen molar-refractivity contribution in [2.45, 2.75) is 32.0 Å². The van der Waals surface area contributed by atoms with Crippen LogP contribution in [0.2, 0.25) is 0 Å². The molecule has 0 bridgehead atoms. The first-order valence-corrected chi connectivity index (χ1v) is 9.13. The second kappa shape index (κ2) is 7.84. The van der Waals surface area contributed by atoms with Gasteiger partial charge in [-0.25, -0.2) is 9.97 Å². The van der Waals surface area contributed by atoms with Gasteiger partial charge in [-0.05, 0) is 37.9 Å². The molecule has 27 heavy (non-hydrogen) atoms. The van der Waals surface area contributed by atoms with E-state index in [9.17, 15) is 13.2 Å². The summed E-state index contributed by atoms with van der Waals surface area (Å²) in [7, 11) is 3.64. The molecule has 3 heterocycles. The highest BCUT2D eigenvalue weighted by molar-refractivity contribution is 5.30. The summed E-state index contributed by atoms with van der Waals surface area (Å²) in [5.74, 6) is 0.356. The number of hydrogen-bond acceptors (Lipinski definition) is 5. The normalized spacial score (nSPS) is 21.4. The molecule has 0 N–H and O–H groups in total. The Kier molecular flexibility index (Phi) is 5.69. The summed E-state index contributed by atoms with van der Waals surface area (Å²) >= 11 is 0. The molecule has 0 aliphatic carbocycles. The van der Waals surface area contributed by atoms with Gasteiger partial charge in [0.25, 0.3) is 0 Å². The van der Waals surface area contributed by atoms with Gasteiger partial charge in [-0.1, -0.05) is 6.92 Å². The summed E-state index contributed by atoms with van der Waals surface area (Å²) in [5, 5.41) is 4.30. The molecule has 0 amide bonds. The van der Waals surface area contributed by atoms with Gasteiger partial charge in [-0.2, -0.15) is 18.3 Å². The van der Waals surface area contributed by atoms with Crippen LogP contribution in [0.1, 0.15) is 37.1 Å². The average molecular weight is 382 g/mol. The number of piperidine rings is 1. The summed E-state index contributed by atoms with van der Waals surface area (Å²) in [5.41, 5.74) is 0.226. The van der Waals surface area contributed by atoms with E-state index >= 15 is 0 Å². The molecule has 0 radical (unpaired) electrons. The number of likely N-dealkylation sites (tertiary alicyclic amines) is 1. The molecule has 2 aromatic heterocycles. The predicted molar refractivity (Wildman–Crippen MR) is 96.2 cm³/mol. The maximum absolute atomic E-state index is 12.9. The van der Waals surface area contributed by atoms with Crippen molar-refractivity contribution in [3.05, 3.63) is 35.9 Å². The van der Waals surface area contributed by atoms with Gasteiger partial charge >= 0.3 is 6.18 Å². The monoisotopic (exact) mass is 382 g/mol. The van der Waals surface area contributed by atoms with Crippen LogP contribution in [-0.2, 0) is 13.2 Å². The Bertz CT molecular complexity index is 760. The quantitative estimate of drug-likeness (QED) is 0.795. The molecule has 2 atom stereocenters. The van der Waals surface area contributed by atoms with Gasteiger partial charge in [0.1, 0.15) is 5.69 Å². The zero-order valence-corrected chi connectivity index (χ0v) is 15.8. The lowest BCUT2D eigenvalue weighted by Crippen LogP contribution is -2.43. The Labute approximate surface area is 157 Å². The Morgan fingerprint density at radius 2 is 2.11 bits per heavy atom. The van der Waals surface area contributed by atoms with Crippen molar-refractivity contribution in [2.24, 2.45) is 13.0 Å². The number of nitrogens with zero attached hydrogens (tertiary/aromatic N) is 6. The summed E-state index contributed by atoms with van der Waals surface area (Å²) in [6.07, 6.45) is 2.66. The zero-order valence-electron chi connectivity index (χ0n) is 15.8. The number of alkyl halides is 3. The number of aryl methyl sites for hydroxylation is 1. The molecular formula is C18H25F3N6. The Hall–Kier alpha value is -2.16. The van der Waals surface area contributed by atoms with Crippen molar-refractivity contribution >= 4 is 5.95 Å². The molecule has 1 aliphatic heterocycles. The van der Waals surface area contributed by atoms with Crippen LogP contribution < -0.4 is 4.90 Å². The van der Waals surface area contributed by atoms with Crippen molar-refractivity contribution in [1.29, 1.82) is 0 Å². The molecule has 3 rings (SSSR count). The van der Waals surface area contributed by atoms with E-state index in [1.807, 2.05) is 19.4 Å². The molecule has 2 aromatic rings. The molecule has 0 unspecified atom stereocenters. The Morgan fingerprint density at radius 1 is 1.33 bits per heavy atom. The van der Waals surface area contributed by atoms with E-state index in [-0.39, 0.29) is 17.9 Å². The van der Waals surface area contributed by atoms with Gasteiger partial charge in [0.05, 0.1) is 6.20 Å². The first-order chi connectivity index (χ1) is 12.8. The van der Waals surface area contributed by atoms with Gasteiger partial charge in [-0.15, -0.1) is 0 Å². The van der Waals surface area contributed by atoms with Crippen LogP contribution >= 0.6 is 0 Å². The largest absolute Gasteiger partial charge is 0.433 e. The second-order valence-corrected chi connectivity index (χ2v) is 7.04. The van der Waals surface area contributed by atoms with Gasteiger partial charge in [0, 0.05) is 44.6 Å². The number of halogens is 3. The van der Waals surface area contributed by atoms with E-state index in [4.69, 9.17) is 0 Å². The fraction of sp³-hybridized carbons (Fsp3) is 0.611. The minimum atomic E-state index is -4.47. The maximum Gasteiger partial charge on any atom is 0.433 e. The van der Waals surface area contributed by atoms with Gasteiger partial charge < -0.3 is 4.90 Å². The molecule has 6 nitrogen and oxygen atoms in total. The molecule has 0 spiro atoms. The number of aromatic nitrogens is 4. The standard InChI is InChI=1S/C18H25F3N6/c1-4-27-9-5-6-13(16(27)14-10-23-26(3)12-14)11-25(2)17-22-8-7-15(24-17)18(19,20)21/h7-8,10,12-13,16H,4-6,9,11H2,1-3H3/t13-,16+/m0/s1. The van der Waals surface area contributed by atoms with Crippen LogP contribution in [0.25, 0.3) is 0 Å². The van der Waals surface area contributed by atoms with Crippen LogP contribution in [-0.4, -0.2) is 51.3 Å². The highest BCUT2D eigenvalue weighted by atomic mass is 19.4. The van der Waals surface area contributed by atoms with Gasteiger partial charge in [0.15, 0.2) is 0 Å². The van der Waals surface area contributed by atoms with Crippen LogP contribution in [0.15, 0.2) is 24.7 Å². The van der Waals surface area contributed by atoms with Gasteiger partial charge in [-0.3, -0.25) is 9.58 Å². The number of rotatable bonds is 5. The van der Waals surface area contributed by atoms with Crippen molar-refractivity contribution in [3.63, 3.8) is 0 Å². The van der Waals surface area contributed by atoms with Crippen LogP contribution in [0.3, 0.4) is 0 Å². The molecule has 1 aliphatic rings. The van der Waals surface area contributed by atoms with E-state index in [2.05, 4.69) is 26.9 Å². The van der Waals surface area contributed by atoms with Crippen molar-refractivity contribution < 1.29 is 13.2 Å². The molecular weight excluding hydrogens is 357 g/mol. The van der Waals surface area contributed by atoms with E-state index in [0.717, 1.165) is 37.6 Å². The third kappa shape index (κ3) is 4.40. The van der Waals surface area contributed by atoms with Crippen LogP contribution in [0.5, 0.6) is 0 Å². The maximum atomic E-state index is 12.9. The van der Waals surface area contributed by atoms with E-state index in [0.29, 0.717) is 6.54 Å². The fourth-order valence-electron chi connectivity index (χ4n) is 3.90.